The van der Waals surface area contributed by atoms with Gasteiger partial charge < -0.3 is 4.90 Å². The van der Waals surface area contributed by atoms with E-state index in [9.17, 15) is 14.9 Å². The zero-order chi connectivity index (χ0) is 19.6. The first kappa shape index (κ1) is 18.3. The Hall–Kier alpha value is -3.48. The van der Waals surface area contributed by atoms with Crippen LogP contribution >= 0.6 is 0 Å². The molecule has 0 aromatic heterocycles. The van der Waals surface area contributed by atoms with E-state index in [-0.39, 0.29) is 11.1 Å². The molecule has 0 saturated carbocycles. The number of nitro groups is 1. The number of likely N-dealkylation sites (N-methyl/N-ethyl adjacent to an activating group) is 1. The van der Waals surface area contributed by atoms with E-state index in [0.717, 1.165) is 11.4 Å². The minimum absolute atomic E-state index is 0.0640. The number of hydrazone groups is 1. The molecule has 1 aliphatic heterocycles. The lowest BCUT2D eigenvalue weighted by molar-refractivity contribution is -0.384. The Morgan fingerprint density at radius 3 is 2.48 bits per heavy atom. The Bertz CT molecular complexity index is 946. The first-order valence-corrected chi connectivity index (χ1v) is 8.44. The number of rotatable bonds is 4. The van der Waals surface area contributed by atoms with Gasteiger partial charge in [0.25, 0.3) is 11.6 Å². The van der Waals surface area contributed by atoms with Crippen molar-refractivity contribution in [3.8, 4) is 0 Å². The molecular weight excluding hydrogens is 344 g/mol. The largest absolute Gasteiger partial charge is 0.347 e. The third-order valence-electron chi connectivity index (χ3n) is 4.75. The molecule has 7 nitrogen and oxygen atoms in total. The van der Waals surface area contributed by atoms with Crippen LogP contribution in [0.25, 0.3) is 0 Å². The lowest BCUT2D eigenvalue weighted by Gasteiger charge is -2.23. The van der Waals surface area contributed by atoms with Gasteiger partial charge in [-0.25, -0.2) is 5.43 Å². The summed E-state index contributed by atoms with van der Waals surface area (Å²) in [5.74, 6) is -0.429. The first-order chi connectivity index (χ1) is 12.8. The molecule has 0 bridgehead atoms. The van der Waals surface area contributed by atoms with E-state index < -0.39 is 10.8 Å². The Labute approximate surface area is 157 Å². The Morgan fingerprint density at radius 1 is 1.19 bits per heavy atom. The zero-order valence-electron chi connectivity index (χ0n) is 15.3. The number of nitrogens with zero attached hydrogens (tertiary/aromatic N) is 3. The molecule has 0 atom stereocenters. The summed E-state index contributed by atoms with van der Waals surface area (Å²) >= 11 is 0. The molecule has 7 heteroatoms. The van der Waals surface area contributed by atoms with Crippen molar-refractivity contribution in [3.05, 3.63) is 81.5 Å². The van der Waals surface area contributed by atoms with Crippen molar-refractivity contribution in [1.82, 2.24) is 5.43 Å². The average Bonchev–Trinajstić information content (AvgIpc) is 2.85. The second-order valence-electron chi connectivity index (χ2n) is 6.78. The standard InChI is InChI=1S/C20H20N4O3/c1-20(2)16-6-4-5-7-17(16)23(3)18(20)12-13-21-22-19(25)14-8-10-15(11-9-14)24(26)27/h4-13H,1-3H3,(H,22,25)/b18-12-,21-13-. The highest BCUT2D eigenvalue weighted by atomic mass is 16.6. The maximum Gasteiger partial charge on any atom is 0.271 e. The molecule has 1 amide bonds. The average molecular weight is 364 g/mol. The summed E-state index contributed by atoms with van der Waals surface area (Å²) in [6.07, 6.45) is 3.42. The third-order valence-corrected chi connectivity index (χ3v) is 4.75. The van der Waals surface area contributed by atoms with E-state index in [4.69, 9.17) is 0 Å². The highest BCUT2D eigenvalue weighted by Gasteiger charge is 2.37. The van der Waals surface area contributed by atoms with E-state index in [1.807, 2.05) is 25.3 Å². The number of fused-ring (bicyclic) bond motifs is 1. The van der Waals surface area contributed by atoms with Gasteiger partial charge in [-0.2, -0.15) is 5.10 Å². The van der Waals surface area contributed by atoms with Crippen molar-refractivity contribution in [2.24, 2.45) is 5.10 Å². The monoisotopic (exact) mass is 364 g/mol. The number of allylic oxidation sites excluding steroid dienone is 2. The zero-order valence-corrected chi connectivity index (χ0v) is 15.3. The lowest BCUT2D eigenvalue weighted by Crippen LogP contribution is -2.23. The van der Waals surface area contributed by atoms with Gasteiger partial charge in [-0.15, -0.1) is 0 Å². The number of carbonyl (C=O) groups excluding carboxylic acids is 1. The summed E-state index contributed by atoms with van der Waals surface area (Å²) < 4.78 is 0. The van der Waals surface area contributed by atoms with E-state index in [1.165, 1.54) is 29.8 Å². The molecule has 1 aliphatic rings. The van der Waals surface area contributed by atoms with Gasteiger partial charge in [-0.1, -0.05) is 32.0 Å². The molecule has 2 aromatic carbocycles. The second-order valence-corrected chi connectivity index (χ2v) is 6.78. The van der Waals surface area contributed by atoms with E-state index in [2.05, 4.69) is 41.4 Å². The summed E-state index contributed by atoms with van der Waals surface area (Å²) in [5.41, 5.74) is 5.96. The normalized spacial score (nSPS) is 16.6. The van der Waals surface area contributed by atoms with Gasteiger partial charge in [-0.05, 0) is 29.8 Å². The quantitative estimate of drug-likeness (QED) is 0.510. The number of amides is 1. The van der Waals surface area contributed by atoms with Crippen LogP contribution in [0.15, 0.2) is 65.4 Å². The number of nitro benzene ring substituents is 1. The van der Waals surface area contributed by atoms with E-state index >= 15 is 0 Å². The molecule has 0 saturated heterocycles. The number of anilines is 1. The molecule has 0 fully saturated rings. The summed E-state index contributed by atoms with van der Waals surface area (Å²) in [7, 11) is 2.00. The highest BCUT2D eigenvalue weighted by molar-refractivity contribution is 5.94. The molecular formula is C20H20N4O3. The number of para-hydroxylation sites is 1. The van der Waals surface area contributed by atoms with Gasteiger partial charge in [0, 0.05) is 47.8 Å². The number of hydrogen-bond donors (Lipinski definition) is 1. The number of hydrogen-bond acceptors (Lipinski definition) is 5. The van der Waals surface area contributed by atoms with Gasteiger partial charge in [0.05, 0.1) is 4.92 Å². The van der Waals surface area contributed by atoms with Crippen LogP contribution in [0.1, 0.15) is 29.8 Å². The summed E-state index contributed by atoms with van der Waals surface area (Å²) in [4.78, 5) is 24.3. The molecule has 0 unspecified atom stereocenters. The van der Waals surface area contributed by atoms with Crippen molar-refractivity contribution in [1.29, 1.82) is 0 Å². The van der Waals surface area contributed by atoms with Crippen molar-refractivity contribution in [2.45, 2.75) is 19.3 Å². The number of benzene rings is 2. The number of carbonyl (C=O) groups is 1. The third kappa shape index (κ3) is 3.44. The molecule has 3 rings (SSSR count). The highest BCUT2D eigenvalue weighted by Crippen LogP contribution is 2.46. The molecule has 27 heavy (non-hydrogen) atoms. The summed E-state index contributed by atoms with van der Waals surface area (Å²) in [6.45, 7) is 4.29. The molecule has 1 N–H and O–H groups in total. The minimum atomic E-state index is -0.510. The van der Waals surface area contributed by atoms with Crippen LogP contribution in [0.5, 0.6) is 0 Å². The molecule has 0 spiro atoms. The van der Waals surface area contributed by atoms with Crippen LogP contribution in [-0.4, -0.2) is 24.1 Å². The van der Waals surface area contributed by atoms with Crippen molar-refractivity contribution < 1.29 is 9.72 Å². The molecule has 138 valence electrons. The van der Waals surface area contributed by atoms with Crippen molar-refractivity contribution in [2.75, 3.05) is 11.9 Å². The topological polar surface area (TPSA) is 87.8 Å². The van der Waals surface area contributed by atoms with Crippen molar-refractivity contribution >= 4 is 23.5 Å². The molecule has 0 radical (unpaired) electrons. The van der Waals surface area contributed by atoms with Gasteiger partial charge in [0.15, 0.2) is 0 Å². The fourth-order valence-electron chi connectivity index (χ4n) is 3.30. The van der Waals surface area contributed by atoms with Crippen molar-refractivity contribution in [3.63, 3.8) is 0 Å². The van der Waals surface area contributed by atoms with Crippen LogP contribution in [-0.2, 0) is 5.41 Å². The number of nitrogens with one attached hydrogen (secondary N) is 1. The fourth-order valence-corrected chi connectivity index (χ4v) is 3.30. The smallest absolute Gasteiger partial charge is 0.271 e. The summed E-state index contributed by atoms with van der Waals surface area (Å²) in [5, 5.41) is 14.6. The first-order valence-electron chi connectivity index (χ1n) is 8.44. The van der Waals surface area contributed by atoms with E-state index in [1.54, 1.807) is 6.21 Å². The maximum absolute atomic E-state index is 12.1. The summed E-state index contributed by atoms with van der Waals surface area (Å²) in [6, 6.07) is 13.6. The van der Waals surface area contributed by atoms with Crippen LogP contribution in [0.2, 0.25) is 0 Å². The van der Waals surface area contributed by atoms with Crippen LogP contribution < -0.4 is 10.3 Å². The SMILES string of the molecule is CN1/C(=C\C=N/NC(=O)c2ccc([N+](=O)[O-])cc2)C(C)(C)c2ccccc21. The fraction of sp³-hybridized carbons (Fsp3) is 0.200. The van der Waals surface area contributed by atoms with Gasteiger partial charge >= 0.3 is 0 Å². The Balaban J connectivity index is 1.70. The predicted molar refractivity (Wildman–Crippen MR) is 105 cm³/mol. The van der Waals surface area contributed by atoms with Gasteiger partial charge in [-0.3, -0.25) is 14.9 Å². The molecule has 2 aromatic rings. The van der Waals surface area contributed by atoms with Crippen LogP contribution in [0.3, 0.4) is 0 Å². The Morgan fingerprint density at radius 2 is 1.85 bits per heavy atom. The van der Waals surface area contributed by atoms with Crippen LogP contribution in [0, 0.1) is 10.1 Å². The lowest BCUT2D eigenvalue weighted by atomic mass is 9.84. The van der Waals surface area contributed by atoms with Gasteiger partial charge in [0.1, 0.15) is 0 Å². The van der Waals surface area contributed by atoms with Gasteiger partial charge in [0.2, 0.25) is 0 Å². The van der Waals surface area contributed by atoms with E-state index in [0.29, 0.717) is 5.56 Å². The second kappa shape index (κ2) is 7.03. The maximum atomic E-state index is 12.1. The van der Waals surface area contributed by atoms with Crippen LogP contribution in [0.4, 0.5) is 11.4 Å². The Kier molecular flexibility index (Phi) is 4.77. The molecule has 0 aliphatic carbocycles. The number of non-ortho nitro benzene ring substituents is 1. The minimum Gasteiger partial charge on any atom is -0.347 e. The predicted octanol–water partition coefficient (Wildman–Crippen LogP) is 3.62. The molecule has 1 heterocycles.